The van der Waals surface area contributed by atoms with Gasteiger partial charge in [0.25, 0.3) is 5.78 Å². The molecule has 4 aromatic rings. The van der Waals surface area contributed by atoms with Gasteiger partial charge < -0.3 is 9.84 Å². The molecule has 2 aliphatic heterocycles. The molecule has 1 aromatic heterocycles. The van der Waals surface area contributed by atoms with Crippen molar-refractivity contribution in [1.29, 1.82) is 0 Å². The number of nitrogens with zero attached hydrogens (tertiary/aromatic N) is 3. The van der Waals surface area contributed by atoms with Crippen molar-refractivity contribution in [2.24, 2.45) is 0 Å². The van der Waals surface area contributed by atoms with Gasteiger partial charge in [0.05, 0.1) is 11.6 Å². The van der Waals surface area contributed by atoms with E-state index in [1.165, 1.54) is 28.0 Å². The molecule has 7 nitrogen and oxygen atoms in total. The fraction of sp³-hybridized carbons (Fsp3) is 0.250. The number of hydrogen-bond acceptors (Lipinski definition) is 8. The van der Waals surface area contributed by atoms with E-state index in [4.69, 9.17) is 16.3 Å². The van der Waals surface area contributed by atoms with E-state index in [-0.39, 0.29) is 22.6 Å². The zero-order chi connectivity index (χ0) is 29.5. The van der Waals surface area contributed by atoms with Crippen LogP contribution >= 0.6 is 34.7 Å². The summed E-state index contributed by atoms with van der Waals surface area (Å²) in [6.45, 7) is 6.18. The molecule has 0 radical (unpaired) electrons. The van der Waals surface area contributed by atoms with Crippen LogP contribution in [0.2, 0.25) is 5.02 Å². The lowest BCUT2D eigenvalue weighted by Gasteiger charge is -2.23. The second-order valence-corrected chi connectivity index (χ2v) is 13.3. The fourth-order valence-electron chi connectivity index (χ4n) is 5.25. The molecule has 3 heterocycles. The number of thioether (sulfide) groups is 1. The van der Waals surface area contributed by atoms with E-state index >= 15 is 0 Å². The van der Waals surface area contributed by atoms with E-state index in [1.807, 2.05) is 61.5 Å². The number of aliphatic hydroxyl groups excluding tert-OH is 1. The second kappa shape index (κ2) is 11.6. The molecule has 2 aliphatic rings. The highest BCUT2D eigenvalue weighted by Crippen LogP contribution is 2.45. The minimum absolute atomic E-state index is 0.0182. The summed E-state index contributed by atoms with van der Waals surface area (Å²) in [5.74, 6) is -0.108. The van der Waals surface area contributed by atoms with Gasteiger partial charge in [-0.25, -0.2) is 0 Å². The second-order valence-electron chi connectivity index (χ2n) is 10.7. The van der Waals surface area contributed by atoms with Crippen LogP contribution < -0.4 is 9.64 Å². The molecule has 0 unspecified atom stereocenters. The number of ketones is 1. The molecule has 1 amide bonds. The summed E-state index contributed by atoms with van der Waals surface area (Å²) in [4.78, 5) is 28.6. The molecule has 1 saturated heterocycles. The third kappa shape index (κ3) is 5.32. The molecule has 0 bridgehead atoms. The molecule has 6 rings (SSSR count). The Hall–Kier alpha value is -3.66. The fourth-order valence-corrected chi connectivity index (χ4v) is 7.40. The van der Waals surface area contributed by atoms with Crippen LogP contribution in [-0.4, -0.2) is 33.1 Å². The van der Waals surface area contributed by atoms with Crippen molar-refractivity contribution in [3.63, 3.8) is 0 Å². The van der Waals surface area contributed by atoms with Gasteiger partial charge in [-0.1, -0.05) is 91.0 Å². The Labute approximate surface area is 257 Å². The van der Waals surface area contributed by atoms with Gasteiger partial charge in [-0.05, 0) is 59.4 Å². The molecule has 1 fully saturated rings. The summed E-state index contributed by atoms with van der Waals surface area (Å²) in [7, 11) is 0. The number of benzene rings is 3. The van der Waals surface area contributed by atoms with Crippen LogP contribution in [0.15, 0.2) is 76.6 Å². The highest BCUT2D eigenvalue weighted by molar-refractivity contribution is 8.00. The van der Waals surface area contributed by atoms with E-state index < -0.39 is 17.7 Å². The molecular formula is C32H28ClN3O4S2. The van der Waals surface area contributed by atoms with Crippen LogP contribution in [0.25, 0.3) is 5.76 Å². The normalized spacial score (nSPS) is 19.4. The van der Waals surface area contributed by atoms with Crippen LogP contribution in [0, 0.1) is 0 Å². The number of carbonyl (C=O) groups excluding carboxylic acids is 2. The molecule has 0 spiro atoms. The Balaban J connectivity index is 1.40. The summed E-state index contributed by atoms with van der Waals surface area (Å²) in [6.07, 6.45) is 0.731. The lowest BCUT2D eigenvalue weighted by atomic mass is 9.93. The first-order valence-corrected chi connectivity index (χ1v) is 15.8. The zero-order valence-electron chi connectivity index (χ0n) is 23.2. The SMILES string of the molecule is CC(C)c1ccc([C@H]2C(=C(O)c3ccc4c(c3)C[C@@H](C)O4)C(=O)C(=O)N2c2nnc(SCc3ccccc3Cl)s2)cc1. The first kappa shape index (κ1) is 28.5. The van der Waals surface area contributed by atoms with Crippen molar-refractivity contribution >= 4 is 57.3 Å². The number of rotatable bonds is 7. The minimum Gasteiger partial charge on any atom is -0.507 e. The minimum atomic E-state index is -0.871. The average Bonchev–Trinajstić information content (AvgIpc) is 3.67. The number of aromatic nitrogens is 2. The van der Waals surface area contributed by atoms with Crippen LogP contribution in [0.1, 0.15) is 60.5 Å². The van der Waals surface area contributed by atoms with Crippen molar-refractivity contribution in [2.45, 2.75) is 55.3 Å². The predicted molar refractivity (Wildman–Crippen MR) is 166 cm³/mol. The maximum Gasteiger partial charge on any atom is 0.301 e. The number of ether oxygens (including phenoxy) is 1. The molecule has 214 valence electrons. The van der Waals surface area contributed by atoms with Gasteiger partial charge in [0.15, 0.2) is 4.34 Å². The summed E-state index contributed by atoms with van der Waals surface area (Å²) < 4.78 is 6.44. The number of halogens is 1. The number of hydrogen-bond donors (Lipinski definition) is 1. The summed E-state index contributed by atoms with van der Waals surface area (Å²) >= 11 is 8.99. The van der Waals surface area contributed by atoms with Gasteiger partial charge in [0, 0.05) is 22.8 Å². The van der Waals surface area contributed by atoms with Crippen LogP contribution in [-0.2, 0) is 21.8 Å². The van der Waals surface area contributed by atoms with Gasteiger partial charge in [-0.2, -0.15) is 0 Å². The standard InChI is InChI=1S/C32H28ClN3O4S2/c1-17(2)19-8-10-20(11-9-19)27-26(28(37)21-12-13-25-23(15-21)14-18(3)40-25)29(38)30(39)36(27)31-34-35-32(42-31)41-16-22-6-4-5-7-24(22)33/h4-13,15,17-18,27,37H,14,16H2,1-3H3/t18-,27+/m1/s1. The van der Waals surface area contributed by atoms with Crippen molar-refractivity contribution in [1.82, 2.24) is 10.2 Å². The van der Waals surface area contributed by atoms with Gasteiger partial charge in [-0.3, -0.25) is 14.5 Å². The Morgan fingerprint density at radius 1 is 1.12 bits per heavy atom. The van der Waals surface area contributed by atoms with Gasteiger partial charge in [0.2, 0.25) is 5.13 Å². The third-order valence-corrected chi connectivity index (χ3v) is 9.92. The van der Waals surface area contributed by atoms with Crippen molar-refractivity contribution in [3.8, 4) is 5.75 Å². The van der Waals surface area contributed by atoms with Crippen molar-refractivity contribution in [3.05, 3.63) is 105 Å². The van der Waals surface area contributed by atoms with E-state index in [9.17, 15) is 14.7 Å². The van der Waals surface area contributed by atoms with Crippen LogP contribution in [0.4, 0.5) is 5.13 Å². The number of fused-ring (bicyclic) bond motifs is 1. The maximum absolute atomic E-state index is 13.6. The highest BCUT2D eigenvalue weighted by Gasteiger charge is 2.48. The number of Topliss-reactive ketones (excluding diaryl/α,β-unsaturated/α-hetero) is 1. The van der Waals surface area contributed by atoms with Gasteiger partial charge in [0.1, 0.15) is 17.6 Å². The quantitative estimate of drug-likeness (QED) is 0.0752. The first-order valence-electron chi connectivity index (χ1n) is 13.6. The molecule has 0 aliphatic carbocycles. The summed E-state index contributed by atoms with van der Waals surface area (Å²) in [5.41, 5.74) is 4.20. The van der Waals surface area contributed by atoms with E-state index in [1.54, 1.807) is 12.1 Å². The predicted octanol–water partition coefficient (Wildman–Crippen LogP) is 7.56. The largest absolute Gasteiger partial charge is 0.507 e. The Kier molecular flexibility index (Phi) is 7.83. The number of aliphatic hydroxyl groups is 1. The third-order valence-electron chi connectivity index (χ3n) is 7.44. The van der Waals surface area contributed by atoms with Gasteiger partial charge in [-0.15, -0.1) is 10.2 Å². The van der Waals surface area contributed by atoms with E-state index in [2.05, 4.69) is 24.0 Å². The van der Waals surface area contributed by atoms with Gasteiger partial charge >= 0.3 is 5.91 Å². The van der Waals surface area contributed by atoms with Crippen LogP contribution in [0.3, 0.4) is 0 Å². The molecule has 1 N–H and O–H groups in total. The van der Waals surface area contributed by atoms with Crippen molar-refractivity contribution in [2.75, 3.05) is 4.90 Å². The number of carbonyl (C=O) groups is 2. The zero-order valence-corrected chi connectivity index (χ0v) is 25.6. The molecule has 3 aromatic carbocycles. The topological polar surface area (TPSA) is 92.6 Å². The lowest BCUT2D eigenvalue weighted by molar-refractivity contribution is -0.132. The highest BCUT2D eigenvalue weighted by atomic mass is 35.5. The van der Waals surface area contributed by atoms with Crippen LogP contribution in [0.5, 0.6) is 5.75 Å². The van der Waals surface area contributed by atoms with Crippen molar-refractivity contribution < 1.29 is 19.4 Å². The van der Waals surface area contributed by atoms with E-state index in [0.29, 0.717) is 38.6 Å². The van der Waals surface area contributed by atoms with E-state index in [0.717, 1.165) is 22.4 Å². The lowest BCUT2D eigenvalue weighted by Crippen LogP contribution is -2.29. The molecule has 10 heteroatoms. The Bertz CT molecular complexity index is 1720. The number of amides is 1. The molecular weight excluding hydrogens is 590 g/mol. The smallest absolute Gasteiger partial charge is 0.301 e. The molecule has 2 atom stereocenters. The maximum atomic E-state index is 13.6. The first-order chi connectivity index (χ1) is 20.2. The monoisotopic (exact) mass is 617 g/mol. The summed E-state index contributed by atoms with van der Waals surface area (Å²) in [6, 6.07) is 19.8. The molecule has 42 heavy (non-hydrogen) atoms. The average molecular weight is 618 g/mol. The summed E-state index contributed by atoms with van der Waals surface area (Å²) in [5, 5.41) is 21.1. The Morgan fingerprint density at radius 2 is 1.88 bits per heavy atom. The molecule has 0 saturated carbocycles. The number of anilines is 1. The Morgan fingerprint density at radius 3 is 2.62 bits per heavy atom.